The molecule has 0 aromatic heterocycles. The van der Waals surface area contributed by atoms with Crippen LogP contribution in [0.1, 0.15) is 46.3 Å². The number of benzene rings is 1. The summed E-state index contributed by atoms with van der Waals surface area (Å²) in [5, 5.41) is 9.67. The minimum atomic E-state index is -1.15. The van der Waals surface area contributed by atoms with E-state index in [-0.39, 0.29) is 0 Å². The molecule has 1 aliphatic rings. The summed E-state index contributed by atoms with van der Waals surface area (Å²) in [4.78, 5) is 25.5. The first-order chi connectivity index (χ1) is 10.5. The fraction of sp³-hybridized carbons (Fsp3) is 0.529. The van der Waals surface area contributed by atoms with E-state index < -0.39 is 35.5 Å². The van der Waals surface area contributed by atoms with Crippen LogP contribution >= 0.6 is 0 Å². The van der Waals surface area contributed by atoms with Gasteiger partial charge in [-0.15, -0.1) is 0 Å². The van der Waals surface area contributed by atoms with E-state index in [1.54, 1.807) is 58.9 Å². The fourth-order valence-corrected chi connectivity index (χ4v) is 2.68. The van der Waals surface area contributed by atoms with Crippen molar-refractivity contribution in [3.05, 3.63) is 35.9 Å². The highest BCUT2D eigenvalue weighted by Crippen LogP contribution is 2.41. The molecule has 2 atom stereocenters. The van der Waals surface area contributed by atoms with Gasteiger partial charge in [-0.05, 0) is 40.2 Å². The van der Waals surface area contributed by atoms with Crippen LogP contribution in [0.5, 0.6) is 0 Å². The third-order valence-electron chi connectivity index (χ3n) is 3.53. The molecule has 1 N–H and O–H groups in total. The fourth-order valence-electron chi connectivity index (χ4n) is 2.68. The molecule has 2 unspecified atom stereocenters. The number of carboxylic acids is 1. The molecule has 2 rings (SSSR count). The average molecular weight is 321 g/mol. The van der Waals surface area contributed by atoms with Gasteiger partial charge < -0.3 is 14.6 Å². The molecule has 1 aromatic rings. The maximum Gasteiger partial charge on any atom is 0.413 e. The molecule has 0 bridgehead atoms. The van der Waals surface area contributed by atoms with Crippen molar-refractivity contribution in [2.75, 3.05) is 0 Å². The van der Waals surface area contributed by atoms with Gasteiger partial charge in [-0.3, -0.25) is 4.90 Å². The molecular weight excluding hydrogens is 298 g/mol. The first kappa shape index (κ1) is 17.3. The predicted molar refractivity (Wildman–Crippen MR) is 83.8 cm³/mol. The van der Waals surface area contributed by atoms with Crippen molar-refractivity contribution in [1.29, 1.82) is 0 Å². The number of hydrogen-bond donors (Lipinski definition) is 1. The van der Waals surface area contributed by atoms with Crippen molar-refractivity contribution in [2.24, 2.45) is 0 Å². The summed E-state index contributed by atoms with van der Waals surface area (Å²) in [6.45, 7) is 8.53. The van der Waals surface area contributed by atoms with E-state index in [9.17, 15) is 14.7 Å². The van der Waals surface area contributed by atoms with E-state index in [4.69, 9.17) is 9.47 Å². The number of carbonyl (C=O) groups is 2. The van der Waals surface area contributed by atoms with E-state index >= 15 is 0 Å². The van der Waals surface area contributed by atoms with Gasteiger partial charge in [0.05, 0.1) is 0 Å². The third-order valence-corrected chi connectivity index (χ3v) is 3.53. The first-order valence-corrected chi connectivity index (χ1v) is 7.51. The summed E-state index contributed by atoms with van der Waals surface area (Å²) < 4.78 is 11.3. The topological polar surface area (TPSA) is 76.1 Å². The molecular formula is C17H23NO5. The third kappa shape index (κ3) is 3.64. The lowest BCUT2D eigenvalue weighted by atomic mass is 10.0. The van der Waals surface area contributed by atoms with Crippen LogP contribution in [0.2, 0.25) is 0 Å². The maximum atomic E-state index is 12.5. The number of carbonyl (C=O) groups excluding carboxylic acids is 1. The van der Waals surface area contributed by atoms with E-state index in [1.165, 1.54) is 0 Å². The second-order valence-corrected chi connectivity index (χ2v) is 7.03. The molecule has 0 aliphatic carbocycles. The molecule has 0 spiro atoms. The summed E-state index contributed by atoms with van der Waals surface area (Å²) >= 11 is 0. The number of amides is 1. The minimum absolute atomic E-state index is 0.701. The van der Waals surface area contributed by atoms with Crippen LogP contribution in [-0.4, -0.2) is 39.4 Å². The minimum Gasteiger partial charge on any atom is -0.480 e. The molecule has 1 aliphatic heterocycles. The van der Waals surface area contributed by atoms with Crippen LogP contribution in [0, 0.1) is 0 Å². The standard InChI is InChI=1S/C17H23NO5/c1-16(2,3)23-15(21)18-12(14(19)20)13(22-17(18,4)5)11-9-7-6-8-10-11/h6-10,12-13H,1-5H3,(H,19,20). The number of aliphatic carboxylic acids is 1. The van der Waals surface area contributed by atoms with Crippen LogP contribution in [0.4, 0.5) is 4.79 Å². The Hall–Kier alpha value is -2.08. The van der Waals surface area contributed by atoms with Crippen molar-refractivity contribution in [1.82, 2.24) is 4.90 Å². The normalized spacial score (nSPS) is 23.6. The van der Waals surface area contributed by atoms with Gasteiger partial charge >= 0.3 is 12.1 Å². The second kappa shape index (κ2) is 5.85. The van der Waals surface area contributed by atoms with Crippen molar-refractivity contribution >= 4 is 12.1 Å². The Labute approximate surface area is 136 Å². The molecule has 0 radical (unpaired) electrons. The Morgan fingerprint density at radius 2 is 1.78 bits per heavy atom. The van der Waals surface area contributed by atoms with E-state index in [0.717, 1.165) is 4.90 Å². The van der Waals surface area contributed by atoms with Gasteiger partial charge in [0.1, 0.15) is 17.4 Å². The highest BCUT2D eigenvalue weighted by Gasteiger charge is 2.55. The predicted octanol–water partition coefficient (Wildman–Crippen LogP) is 3.18. The van der Waals surface area contributed by atoms with Crippen LogP contribution in [0.3, 0.4) is 0 Å². The molecule has 126 valence electrons. The summed E-state index contributed by atoms with van der Waals surface area (Å²) in [7, 11) is 0. The monoisotopic (exact) mass is 321 g/mol. The Balaban J connectivity index is 2.40. The van der Waals surface area contributed by atoms with Crippen molar-refractivity contribution in [2.45, 2.75) is 58.1 Å². The Kier molecular flexibility index (Phi) is 4.39. The summed E-state index contributed by atoms with van der Waals surface area (Å²) in [6.07, 6.45) is -1.45. The SMILES string of the molecule is CC(C)(C)OC(=O)N1C(C(=O)O)C(c2ccccc2)OC1(C)C. The largest absolute Gasteiger partial charge is 0.480 e. The summed E-state index contributed by atoms with van der Waals surface area (Å²) in [5.74, 6) is -1.13. The highest BCUT2D eigenvalue weighted by atomic mass is 16.6. The summed E-state index contributed by atoms with van der Waals surface area (Å²) in [5.41, 5.74) is -1.11. The van der Waals surface area contributed by atoms with Crippen molar-refractivity contribution in [3.8, 4) is 0 Å². The molecule has 6 nitrogen and oxygen atoms in total. The molecule has 1 aromatic carbocycles. The molecule has 1 fully saturated rings. The molecule has 0 saturated carbocycles. The quantitative estimate of drug-likeness (QED) is 0.905. The Morgan fingerprint density at radius 3 is 2.26 bits per heavy atom. The van der Waals surface area contributed by atoms with Crippen LogP contribution in [0.25, 0.3) is 0 Å². The number of nitrogens with zero attached hydrogens (tertiary/aromatic N) is 1. The number of ether oxygens (including phenoxy) is 2. The van der Waals surface area contributed by atoms with E-state index in [2.05, 4.69) is 0 Å². The lowest BCUT2D eigenvalue weighted by Crippen LogP contribution is -2.52. The molecule has 1 amide bonds. The van der Waals surface area contributed by atoms with Crippen molar-refractivity contribution < 1.29 is 24.2 Å². The Morgan fingerprint density at radius 1 is 1.22 bits per heavy atom. The Bertz CT molecular complexity index is 591. The zero-order chi connectivity index (χ0) is 17.4. The smallest absolute Gasteiger partial charge is 0.413 e. The van der Waals surface area contributed by atoms with Gasteiger partial charge in [0.25, 0.3) is 0 Å². The number of hydrogen-bond acceptors (Lipinski definition) is 4. The van der Waals surface area contributed by atoms with Gasteiger partial charge in [-0.2, -0.15) is 0 Å². The molecule has 6 heteroatoms. The summed E-state index contributed by atoms with van der Waals surface area (Å²) in [6, 6.07) is 7.87. The number of carboxylic acid groups (broad SMARTS) is 1. The van der Waals surface area contributed by atoms with Crippen LogP contribution < -0.4 is 0 Å². The van der Waals surface area contributed by atoms with Gasteiger partial charge in [0.15, 0.2) is 6.04 Å². The maximum absolute atomic E-state index is 12.5. The van der Waals surface area contributed by atoms with E-state index in [0.29, 0.717) is 5.56 Å². The lowest BCUT2D eigenvalue weighted by Gasteiger charge is -2.33. The zero-order valence-corrected chi connectivity index (χ0v) is 14.1. The molecule has 23 heavy (non-hydrogen) atoms. The highest BCUT2D eigenvalue weighted by molar-refractivity contribution is 5.82. The molecule has 1 saturated heterocycles. The van der Waals surface area contributed by atoms with Crippen LogP contribution in [-0.2, 0) is 14.3 Å². The molecule has 1 heterocycles. The van der Waals surface area contributed by atoms with Gasteiger partial charge in [0, 0.05) is 0 Å². The van der Waals surface area contributed by atoms with Crippen LogP contribution in [0.15, 0.2) is 30.3 Å². The van der Waals surface area contributed by atoms with Gasteiger partial charge in [0.2, 0.25) is 0 Å². The zero-order valence-electron chi connectivity index (χ0n) is 14.1. The first-order valence-electron chi connectivity index (χ1n) is 7.51. The average Bonchev–Trinajstić information content (AvgIpc) is 2.69. The van der Waals surface area contributed by atoms with Gasteiger partial charge in [-0.25, -0.2) is 9.59 Å². The van der Waals surface area contributed by atoms with Crippen molar-refractivity contribution in [3.63, 3.8) is 0 Å². The van der Waals surface area contributed by atoms with Gasteiger partial charge in [-0.1, -0.05) is 30.3 Å². The lowest BCUT2D eigenvalue weighted by molar-refractivity contribution is -0.143. The number of rotatable bonds is 2. The second-order valence-electron chi connectivity index (χ2n) is 7.03. The van der Waals surface area contributed by atoms with E-state index in [1.807, 2.05) is 6.07 Å².